The van der Waals surface area contributed by atoms with Gasteiger partial charge in [-0.05, 0) is 48.9 Å². The average molecular weight is 254 g/mol. The van der Waals surface area contributed by atoms with E-state index in [-0.39, 0.29) is 6.61 Å². The molecular formula is C16H18N2O. The monoisotopic (exact) mass is 254 g/mol. The summed E-state index contributed by atoms with van der Waals surface area (Å²) in [6, 6.07) is 8.61. The molecule has 0 spiro atoms. The highest BCUT2D eigenvalue weighted by atomic mass is 16.2. The Morgan fingerprint density at radius 1 is 1.11 bits per heavy atom. The van der Waals surface area contributed by atoms with E-state index in [1.165, 1.54) is 36.0 Å². The number of fused-ring (bicyclic) bond motifs is 1. The van der Waals surface area contributed by atoms with E-state index in [0.29, 0.717) is 6.42 Å². The molecule has 1 aliphatic rings. The molecule has 0 aliphatic heterocycles. The van der Waals surface area contributed by atoms with Gasteiger partial charge in [-0.15, -0.1) is 0 Å². The van der Waals surface area contributed by atoms with Crippen molar-refractivity contribution >= 4 is 0 Å². The van der Waals surface area contributed by atoms with Crippen LogP contribution in [-0.4, -0.2) is 21.7 Å². The molecule has 0 atom stereocenters. The number of aromatic nitrogens is 2. The predicted octanol–water partition coefficient (Wildman–Crippen LogP) is 2.56. The van der Waals surface area contributed by atoms with Gasteiger partial charge in [-0.1, -0.05) is 12.1 Å². The second kappa shape index (κ2) is 5.49. The van der Waals surface area contributed by atoms with Crippen LogP contribution in [0.2, 0.25) is 0 Å². The maximum atomic E-state index is 8.86. The lowest BCUT2D eigenvalue weighted by molar-refractivity contribution is 0.287. The highest BCUT2D eigenvalue weighted by Gasteiger charge is 2.12. The van der Waals surface area contributed by atoms with Gasteiger partial charge in [0.05, 0.1) is 5.69 Å². The predicted molar refractivity (Wildman–Crippen MR) is 74.9 cm³/mol. The van der Waals surface area contributed by atoms with Crippen LogP contribution in [-0.2, 0) is 19.3 Å². The molecule has 0 amide bonds. The number of nitrogens with zero attached hydrogens (tertiary/aromatic N) is 2. The highest BCUT2D eigenvalue weighted by molar-refractivity contribution is 5.61. The van der Waals surface area contributed by atoms with E-state index in [0.717, 1.165) is 17.9 Å². The lowest BCUT2D eigenvalue weighted by atomic mass is 10.0. The van der Waals surface area contributed by atoms with E-state index in [4.69, 9.17) is 5.11 Å². The van der Waals surface area contributed by atoms with Crippen molar-refractivity contribution in [1.82, 2.24) is 9.97 Å². The Bertz CT molecular complexity index is 581. The van der Waals surface area contributed by atoms with Crippen molar-refractivity contribution in [1.29, 1.82) is 0 Å². The van der Waals surface area contributed by atoms with Crippen LogP contribution in [0.15, 0.2) is 30.5 Å². The minimum absolute atomic E-state index is 0.187. The second-order valence-corrected chi connectivity index (χ2v) is 5.02. The molecule has 0 fully saturated rings. The molecule has 1 N–H and O–H groups in total. The van der Waals surface area contributed by atoms with Gasteiger partial charge in [0.1, 0.15) is 5.82 Å². The Labute approximate surface area is 113 Å². The summed E-state index contributed by atoms with van der Waals surface area (Å²) in [5.74, 6) is 0.812. The van der Waals surface area contributed by atoms with Crippen molar-refractivity contribution in [3.05, 3.63) is 47.4 Å². The fourth-order valence-corrected chi connectivity index (χ4v) is 2.65. The van der Waals surface area contributed by atoms with Gasteiger partial charge in [0, 0.05) is 24.8 Å². The maximum Gasteiger partial charge on any atom is 0.129 e. The summed E-state index contributed by atoms with van der Waals surface area (Å²) < 4.78 is 0. The molecule has 3 heteroatoms. The molecule has 1 aromatic heterocycles. The summed E-state index contributed by atoms with van der Waals surface area (Å²) in [7, 11) is 0. The molecule has 1 aromatic carbocycles. The molecule has 0 bridgehead atoms. The number of hydrogen-bond donors (Lipinski definition) is 1. The Morgan fingerprint density at radius 3 is 2.89 bits per heavy atom. The maximum absolute atomic E-state index is 8.86. The molecule has 3 rings (SSSR count). The van der Waals surface area contributed by atoms with E-state index in [1.54, 1.807) is 0 Å². The van der Waals surface area contributed by atoms with Crippen molar-refractivity contribution in [2.45, 2.75) is 32.1 Å². The van der Waals surface area contributed by atoms with E-state index < -0.39 is 0 Å². The quantitative estimate of drug-likeness (QED) is 0.912. The third-order valence-electron chi connectivity index (χ3n) is 3.66. The van der Waals surface area contributed by atoms with Crippen molar-refractivity contribution in [2.24, 2.45) is 0 Å². The first kappa shape index (κ1) is 12.3. The van der Waals surface area contributed by atoms with E-state index in [2.05, 4.69) is 28.2 Å². The zero-order chi connectivity index (χ0) is 13.1. The Balaban J connectivity index is 1.89. The van der Waals surface area contributed by atoms with Gasteiger partial charge in [-0.2, -0.15) is 0 Å². The van der Waals surface area contributed by atoms with Crippen LogP contribution in [0.3, 0.4) is 0 Å². The van der Waals surface area contributed by atoms with Crippen LogP contribution in [0.4, 0.5) is 0 Å². The first-order valence-electron chi connectivity index (χ1n) is 6.92. The SMILES string of the molecule is OCCCc1nccc(-c2ccc3c(c2)CCC3)n1. The third-order valence-corrected chi connectivity index (χ3v) is 3.66. The Hall–Kier alpha value is -1.74. The molecular weight excluding hydrogens is 236 g/mol. The molecule has 19 heavy (non-hydrogen) atoms. The number of benzene rings is 1. The molecule has 0 radical (unpaired) electrons. The standard InChI is InChI=1S/C16H18N2O/c19-10-2-5-16-17-9-8-15(18-16)14-7-6-12-3-1-4-13(12)11-14/h6-9,11,19H,1-5,10H2. The first-order chi connectivity index (χ1) is 9.36. The first-order valence-corrected chi connectivity index (χ1v) is 6.92. The Morgan fingerprint density at radius 2 is 2.00 bits per heavy atom. The van der Waals surface area contributed by atoms with E-state index >= 15 is 0 Å². The van der Waals surface area contributed by atoms with Gasteiger partial charge < -0.3 is 5.11 Å². The Kier molecular flexibility index (Phi) is 3.56. The zero-order valence-corrected chi connectivity index (χ0v) is 11.0. The van der Waals surface area contributed by atoms with Gasteiger partial charge >= 0.3 is 0 Å². The van der Waals surface area contributed by atoms with Crippen LogP contribution in [0, 0.1) is 0 Å². The highest BCUT2D eigenvalue weighted by Crippen LogP contribution is 2.27. The molecule has 1 aliphatic carbocycles. The van der Waals surface area contributed by atoms with Crippen LogP contribution in [0.5, 0.6) is 0 Å². The number of rotatable bonds is 4. The van der Waals surface area contributed by atoms with Gasteiger partial charge in [-0.3, -0.25) is 0 Å². The zero-order valence-electron chi connectivity index (χ0n) is 11.0. The van der Waals surface area contributed by atoms with Crippen molar-refractivity contribution in [2.75, 3.05) is 6.61 Å². The van der Waals surface area contributed by atoms with E-state index in [1.807, 2.05) is 12.3 Å². The lowest BCUT2D eigenvalue weighted by Crippen LogP contribution is -1.98. The number of hydrogen-bond acceptors (Lipinski definition) is 3. The average Bonchev–Trinajstić information content (AvgIpc) is 2.92. The molecule has 98 valence electrons. The van der Waals surface area contributed by atoms with Crippen molar-refractivity contribution < 1.29 is 5.11 Å². The van der Waals surface area contributed by atoms with Gasteiger partial charge in [0.25, 0.3) is 0 Å². The minimum atomic E-state index is 0.187. The number of aryl methyl sites for hydroxylation is 3. The van der Waals surface area contributed by atoms with Crippen LogP contribution in [0.1, 0.15) is 29.8 Å². The molecule has 3 nitrogen and oxygen atoms in total. The third kappa shape index (κ3) is 2.66. The number of aliphatic hydroxyl groups is 1. The van der Waals surface area contributed by atoms with Crippen LogP contribution < -0.4 is 0 Å². The van der Waals surface area contributed by atoms with Crippen molar-refractivity contribution in [3.8, 4) is 11.3 Å². The van der Waals surface area contributed by atoms with Crippen molar-refractivity contribution in [3.63, 3.8) is 0 Å². The second-order valence-electron chi connectivity index (χ2n) is 5.02. The van der Waals surface area contributed by atoms with Gasteiger partial charge in [0.15, 0.2) is 0 Å². The van der Waals surface area contributed by atoms with Crippen LogP contribution in [0.25, 0.3) is 11.3 Å². The topological polar surface area (TPSA) is 46.0 Å². The summed E-state index contributed by atoms with van der Waals surface area (Å²) in [5.41, 5.74) is 5.11. The fraction of sp³-hybridized carbons (Fsp3) is 0.375. The van der Waals surface area contributed by atoms with Crippen LogP contribution >= 0.6 is 0 Å². The number of aliphatic hydroxyl groups excluding tert-OH is 1. The lowest BCUT2D eigenvalue weighted by Gasteiger charge is -2.06. The molecule has 0 unspecified atom stereocenters. The molecule has 2 aromatic rings. The molecule has 0 saturated heterocycles. The van der Waals surface area contributed by atoms with E-state index in [9.17, 15) is 0 Å². The summed E-state index contributed by atoms with van der Waals surface area (Å²) in [6.07, 6.45) is 6.92. The van der Waals surface area contributed by atoms with Gasteiger partial charge in [0.2, 0.25) is 0 Å². The normalized spacial score (nSPS) is 13.5. The van der Waals surface area contributed by atoms with Gasteiger partial charge in [-0.25, -0.2) is 9.97 Å². The summed E-state index contributed by atoms with van der Waals surface area (Å²) in [5, 5.41) is 8.86. The summed E-state index contributed by atoms with van der Waals surface area (Å²) in [6.45, 7) is 0.187. The minimum Gasteiger partial charge on any atom is -0.396 e. The summed E-state index contributed by atoms with van der Waals surface area (Å²) >= 11 is 0. The largest absolute Gasteiger partial charge is 0.396 e. The smallest absolute Gasteiger partial charge is 0.129 e. The molecule has 0 saturated carbocycles. The fourth-order valence-electron chi connectivity index (χ4n) is 2.65. The summed E-state index contributed by atoms with van der Waals surface area (Å²) in [4.78, 5) is 8.84. The molecule has 1 heterocycles.